The van der Waals surface area contributed by atoms with Crippen molar-refractivity contribution in [2.24, 2.45) is 0 Å². The number of aromatic nitrogens is 1. The molecule has 0 amide bonds. The number of hydrogen-bond donors (Lipinski definition) is 1. The largest absolute Gasteiger partial charge is 0.478 e. The van der Waals surface area contributed by atoms with Crippen LogP contribution in [-0.4, -0.2) is 15.6 Å². The number of hydrogen-bond acceptors (Lipinski definition) is 1. The summed E-state index contributed by atoms with van der Waals surface area (Å²) in [6, 6.07) is 25.0. The van der Waals surface area contributed by atoms with Crippen LogP contribution in [0.15, 0.2) is 96.7 Å². The summed E-state index contributed by atoms with van der Waals surface area (Å²) in [5.74, 6) is -1.18. The second kappa shape index (κ2) is 8.37. The van der Waals surface area contributed by atoms with E-state index in [2.05, 4.69) is 41.1 Å². The van der Waals surface area contributed by atoms with Gasteiger partial charge in [0.1, 0.15) is 5.82 Å². The fraction of sp³-hybridized carbons (Fsp3) is 0.115. The maximum atomic E-state index is 13.5. The number of nitrogens with zero attached hydrogens (tertiary/aromatic N) is 1. The first kappa shape index (κ1) is 19.6. The lowest BCUT2D eigenvalue weighted by molar-refractivity contribution is -0.131. The van der Waals surface area contributed by atoms with Gasteiger partial charge in [-0.25, -0.2) is 9.18 Å². The van der Waals surface area contributed by atoms with Gasteiger partial charge in [0.05, 0.1) is 6.04 Å². The van der Waals surface area contributed by atoms with E-state index in [0.717, 1.165) is 33.2 Å². The normalized spacial score (nSPS) is 12.8. The number of carboxylic acids is 1. The summed E-state index contributed by atoms with van der Waals surface area (Å²) in [5, 5.41) is 10.0. The summed E-state index contributed by atoms with van der Waals surface area (Å²) in [5.41, 5.74) is 5.05. The Morgan fingerprint density at radius 1 is 1.00 bits per heavy atom. The van der Waals surface area contributed by atoms with Gasteiger partial charge in [-0.3, -0.25) is 0 Å². The molecule has 1 heterocycles. The van der Waals surface area contributed by atoms with Gasteiger partial charge < -0.3 is 9.67 Å². The van der Waals surface area contributed by atoms with Crippen LogP contribution in [0.4, 0.5) is 4.39 Å². The number of carbonyl (C=O) groups is 1. The predicted octanol–water partition coefficient (Wildman–Crippen LogP) is 5.99. The quantitative estimate of drug-likeness (QED) is 0.405. The fourth-order valence-electron chi connectivity index (χ4n) is 3.93. The molecule has 1 aromatic heterocycles. The van der Waals surface area contributed by atoms with Crippen LogP contribution >= 0.6 is 0 Å². The summed E-state index contributed by atoms with van der Waals surface area (Å²) in [6.07, 6.45) is 3.89. The standard InChI is InChI=1S/C26H22FNO2/c1-18(16-25(29)30)15-19-7-12-24-22(17-19)13-14-28(24)26(20-5-3-2-4-6-20)21-8-10-23(27)11-9-21/h2-14,16-17,26H,15H2,1H3,(H,29,30). The fourth-order valence-corrected chi connectivity index (χ4v) is 3.93. The molecule has 0 fully saturated rings. The molecule has 1 atom stereocenters. The third-order valence-electron chi connectivity index (χ3n) is 5.22. The van der Waals surface area contributed by atoms with Crippen LogP contribution in [0.2, 0.25) is 0 Å². The van der Waals surface area contributed by atoms with E-state index in [0.29, 0.717) is 6.42 Å². The minimum absolute atomic E-state index is 0.0798. The number of carboxylic acid groups (broad SMARTS) is 1. The van der Waals surface area contributed by atoms with Gasteiger partial charge in [0.25, 0.3) is 0 Å². The minimum atomic E-state index is -0.926. The monoisotopic (exact) mass is 399 g/mol. The second-order valence-corrected chi connectivity index (χ2v) is 7.49. The Hall–Kier alpha value is -3.66. The van der Waals surface area contributed by atoms with E-state index in [1.807, 2.05) is 43.3 Å². The van der Waals surface area contributed by atoms with Crippen LogP contribution < -0.4 is 0 Å². The Labute approximate surface area is 174 Å². The number of allylic oxidation sites excluding steroid dienone is 1. The summed E-state index contributed by atoms with van der Waals surface area (Å²) < 4.78 is 15.7. The van der Waals surface area contributed by atoms with Crippen LogP contribution in [0, 0.1) is 5.82 Å². The predicted molar refractivity (Wildman–Crippen MR) is 117 cm³/mol. The first-order chi connectivity index (χ1) is 14.5. The number of aliphatic carboxylic acids is 1. The number of benzene rings is 3. The van der Waals surface area contributed by atoms with Crippen molar-refractivity contribution in [3.63, 3.8) is 0 Å². The molecule has 150 valence electrons. The van der Waals surface area contributed by atoms with E-state index >= 15 is 0 Å². The van der Waals surface area contributed by atoms with Crippen molar-refractivity contribution in [2.75, 3.05) is 0 Å². The maximum absolute atomic E-state index is 13.5. The first-order valence-corrected chi connectivity index (χ1v) is 9.81. The van der Waals surface area contributed by atoms with Gasteiger partial charge in [-0.05, 0) is 65.8 Å². The van der Waals surface area contributed by atoms with Crippen molar-refractivity contribution < 1.29 is 14.3 Å². The second-order valence-electron chi connectivity index (χ2n) is 7.49. The van der Waals surface area contributed by atoms with Crippen LogP contribution in [-0.2, 0) is 11.2 Å². The zero-order chi connectivity index (χ0) is 21.1. The number of halogens is 1. The zero-order valence-electron chi connectivity index (χ0n) is 16.6. The molecule has 0 saturated carbocycles. The molecule has 0 aliphatic carbocycles. The van der Waals surface area contributed by atoms with E-state index in [9.17, 15) is 9.18 Å². The molecule has 0 aliphatic heterocycles. The molecular formula is C26H22FNO2. The molecule has 30 heavy (non-hydrogen) atoms. The van der Waals surface area contributed by atoms with Gasteiger partial charge >= 0.3 is 5.97 Å². The third kappa shape index (κ3) is 4.18. The molecule has 3 aromatic carbocycles. The summed E-state index contributed by atoms with van der Waals surface area (Å²) >= 11 is 0. The van der Waals surface area contributed by atoms with Crippen LogP contribution in [0.3, 0.4) is 0 Å². The molecule has 1 unspecified atom stereocenters. The van der Waals surface area contributed by atoms with E-state index in [-0.39, 0.29) is 11.9 Å². The average Bonchev–Trinajstić information content (AvgIpc) is 3.13. The highest BCUT2D eigenvalue weighted by molar-refractivity contribution is 5.82. The van der Waals surface area contributed by atoms with E-state index in [1.165, 1.54) is 18.2 Å². The molecule has 0 radical (unpaired) electrons. The van der Waals surface area contributed by atoms with Crippen molar-refractivity contribution in [2.45, 2.75) is 19.4 Å². The first-order valence-electron chi connectivity index (χ1n) is 9.81. The summed E-state index contributed by atoms with van der Waals surface area (Å²) in [4.78, 5) is 10.9. The Bertz CT molecular complexity index is 1210. The number of fused-ring (bicyclic) bond motifs is 1. The van der Waals surface area contributed by atoms with Crippen LogP contribution in [0.25, 0.3) is 10.9 Å². The molecule has 4 aromatic rings. The molecule has 4 heteroatoms. The van der Waals surface area contributed by atoms with Gasteiger partial charge in [0.2, 0.25) is 0 Å². The lowest BCUT2D eigenvalue weighted by Crippen LogP contribution is -2.11. The summed E-state index contributed by atoms with van der Waals surface area (Å²) in [6.45, 7) is 1.82. The SMILES string of the molecule is CC(=CC(=O)O)Cc1ccc2c(ccn2C(c2ccccc2)c2ccc(F)cc2)c1. The molecule has 4 rings (SSSR count). The van der Waals surface area contributed by atoms with Gasteiger partial charge in [-0.15, -0.1) is 0 Å². The van der Waals surface area contributed by atoms with E-state index in [1.54, 1.807) is 0 Å². The third-order valence-corrected chi connectivity index (χ3v) is 5.22. The zero-order valence-corrected chi connectivity index (χ0v) is 16.6. The minimum Gasteiger partial charge on any atom is -0.478 e. The van der Waals surface area contributed by atoms with Crippen molar-refractivity contribution in [3.05, 3.63) is 119 Å². The summed E-state index contributed by atoms with van der Waals surface area (Å²) in [7, 11) is 0. The molecule has 1 N–H and O–H groups in total. The molecule has 0 bridgehead atoms. The van der Waals surface area contributed by atoms with Gasteiger partial charge in [0, 0.05) is 17.8 Å². The van der Waals surface area contributed by atoms with Crippen molar-refractivity contribution >= 4 is 16.9 Å². The molecule has 3 nitrogen and oxygen atoms in total. The number of rotatable bonds is 6. The van der Waals surface area contributed by atoms with Crippen molar-refractivity contribution in [3.8, 4) is 0 Å². The lowest BCUT2D eigenvalue weighted by atomic mass is 9.98. The maximum Gasteiger partial charge on any atom is 0.328 e. The van der Waals surface area contributed by atoms with Crippen molar-refractivity contribution in [1.82, 2.24) is 4.57 Å². The molecule has 0 aliphatic rings. The van der Waals surface area contributed by atoms with Crippen molar-refractivity contribution in [1.29, 1.82) is 0 Å². The smallest absolute Gasteiger partial charge is 0.328 e. The van der Waals surface area contributed by atoms with Crippen LogP contribution in [0.1, 0.15) is 29.7 Å². The topological polar surface area (TPSA) is 42.2 Å². The Morgan fingerprint density at radius 2 is 1.70 bits per heavy atom. The molecular weight excluding hydrogens is 377 g/mol. The highest BCUT2D eigenvalue weighted by Gasteiger charge is 2.18. The van der Waals surface area contributed by atoms with Crippen LogP contribution in [0.5, 0.6) is 0 Å². The van der Waals surface area contributed by atoms with Gasteiger partial charge in [-0.2, -0.15) is 0 Å². The Kier molecular flexibility index (Phi) is 5.48. The van der Waals surface area contributed by atoms with E-state index < -0.39 is 5.97 Å². The van der Waals surface area contributed by atoms with E-state index in [4.69, 9.17) is 5.11 Å². The Balaban J connectivity index is 1.77. The lowest BCUT2D eigenvalue weighted by Gasteiger charge is -2.22. The Morgan fingerprint density at radius 3 is 2.40 bits per heavy atom. The van der Waals surface area contributed by atoms with Gasteiger partial charge in [-0.1, -0.05) is 54.1 Å². The molecule has 0 spiro atoms. The highest BCUT2D eigenvalue weighted by Crippen LogP contribution is 2.31. The average molecular weight is 399 g/mol. The molecule has 0 saturated heterocycles. The van der Waals surface area contributed by atoms with Gasteiger partial charge in [0.15, 0.2) is 0 Å². The highest BCUT2D eigenvalue weighted by atomic mass is 19.1.